The van der Waals surface area contributed by atoms with Gasteiger partial charge in [0.25, 0.3) is 5.91 Å². The number of rotatable bonds is 3. The van der Waals surface area contributed by atoms with Gasteiger partial charge in [-0.25, -0.2) is 4.39 Å². The largest absolute Gasteiger partial charge is 0.286 e. The Bertz CT molecular complexity index is 766. The average Bonchev–Trinajstić information content (AvgIpc) is 3.02. The van der Waals surface area contributed by atoms with E-state index in [1.165, 1.54) is 17.8 Å². The Balaban J connectivity index is 1.72. The van der Waals surface area contributed by atoms with Crippen molar-refractivity contribution in [3.05, 3.63) is 69.9 Å². The highest BCUT2D eigenvalue weighted by molar-refractivity contribution is 9.10. The van der Waals surface area contributed by atoms with E-state index >= 15 is 0 Å². The second kappa shape index (κ2) is 7.27. The Labute approximate surface area is 146 Å². The van der Waals surface area contributed by atoms with Crippen molar-refractivity contribution in [3.63, 3.8) is 0 Å². The van der Waals surface area contributed by atoms with Crippen LogP contribution >= 0.6 is 27.7 Å². The van der Waals surface area contributed by atoms with E-state index in [1.807, 2.05) is 18.2 Å². The van der Waals surface area contributed by atoms with Gasteiger partial charge in [0.1, 0.15) is 5.82 Å². The number of carbonyl (C=O) groups excluding carboxylic acids is 1. The first-order valence-electron chi connectivity index (χ1n) is 7.14. The summed E-state index contributed by atoms with van der Waals surface area (Å²) in [5.41, 5.74) is 1.22. The molecular weight excluding hydrogens is 379 g/mol. The van der Waals surface area contributed by atoms with Crippen LogP contribution < -0.4 is 0 Å². The molecule has 23 heavy (non-hydrogen) atoms. The van der Waals surface area contributed by atoms with Crippen molar-refractivity contribution < 1.29 is 9.18 Å². The predicted octanol–water partition coefficient (Wildman–Crippen LogP) is 4.33. The molecule has 3 rings (SSSR count). The third-order valence-corrected chi connectivity index (χ3v) is 5.22. The SMILES string of the molecule is O=C(c1ccccc1Br)N1CCN=C1SCc1ccccc1F. The number of amidine groups is 1. The molecule has 0 saturated heterocycles. The van der Waals surface area contributed by atoms with E-state index in [1.54, 1.807) is 29.2 Å². The van der Waals surface area contributed by atoms with Gasteiger partial charge in [-0.1, -0.05) is 42.1 Å². The standard InChI is InChI=1S/C17H14BrFN2OS/c18-14-7-3-2-6-13(14)16(22)21-10-9-20-17(21)23-11-12-5-1-4-8-15(12)19/h1-8H,9-11H2. The Morgan fingerprint density at radius 2 is 1.96 bits per heavy atom. The van der Waals surface area contributed by atoms with Gasteiger partial charge in [0.05, 0.1) is 12.1 Å². The van der Waals surface area contributed by atoms with Gasteiger partial charge in [-0.3, -0.25) is 14.7 Å². The molecule has 118 valence electrons. The summed E-state index contributed by atoms with van der Waals surface area (Å²) in [6, 6.07) is 14.0. The lowest BCUT2D eigenvalue weighted by Gasteiger charge is -2.18. The molecule has 2 aromatic carbocycles. The summed E-state index contributed by atoms with van der Waals surface area (Å²) in [4.78, 5) is 18.7. The lowest BCUT2D eigenvalue weighted by molar-refractivity contribution is 0.0860. The van der Waals surface area contributed by atoms with Crippen LogP contribution in [0.5, 0.6) is 0 Å². The van der Waals surface area contributed by atoms with E-state index in [0.29, 0.717) is 35.1 Å². The van der Waals surface area contributed by atoms with Crippen molar-refractivity contribution in [1.82, 2.24) is 4.90 Å². The first-order chi connectivity index (χ1) is 11.2. The maximum atomic E-state index is 13.7. The highest BCUT2D eigenvalue weighted by atomic mass is 79.9. The van der Waals surface area contributed by atoms with Crippen molar-refractivity contribution in [3.8, 4) is 0 Å². The van der Waals surface area contributed by atoms with Crippen LogP contribution in [0.4, 0.5) is 4.39 Å². The number of hydrogen-bond acceptors (Lipinski definition) is 3. The van der Waals surface area contributed by atoms with E-state index in [2.05, 4.69) is 20.9 Å². The Hall–Kier alpha value is -1.66. The molecule has 0 unspecified atom stereocenters. The van der Waals surface area contributed by atoms with Gasteiger partial charge in [-0.2, -0.15) is 0 Å². The maximum Gasteiger partial charge on any atom is 0.261 e. The molecule has 3 nitrogen and oxygen atoms in total. The molecule has 0 saturated carbocycles. The summed E-state index contributed by atoms with van der Waals surface area (Å²) in [5.74, 6) is 0.127. The van der Waals surface area contributed by atoms with Gasteiger partial charge >= 0.3 is 0 Å². The summed E-state index contributed by atoms with van der Waals surface area (Å²) in [5, 5.41) is 0.647. The Kier molecular flexibility index (Phi) is 5.13. The Morgan fingerprint density at radius 3 is 2.74 bits per heavy atom. The topological polar surface area (TPSA) is 32.7 Å². The molecule has 1 heterocycles. The third-order valence-electron chi connectivity index (χ3n) is 3.47. The van der Waals surface area contributed by atoms with Gasteiger partial charge in [0.15, 0.2) is 5.17 Å². The van der Waals surface area contributed by atoms with E-state index in [-0.39, 0.29) is 11.7 Å². The lowest BCUT2D eigenvalue weighted by atomic mass is 10.2. The van der Waals surface area contributed by atoms with Crippen LogP contribution in [0.2, 0.25) is 0 Å². The minimum Gasteiger partial charge on any atom is -0.286 e. The summed E-state index contributed by atoms with van der Waals surface area (Å²) in [6.45, 7) is 1.13. The molecule has 0 aromatic heterocycles. The van der Waals surface area contributed by atoms with Crippen molar-refractivity contribution >= 4 is 38.8 Å². The van der Waals surface area contributed by atoms with Crippen LogP contribution in [0.25, 0.3) is 0 Å². The van der Waals surface area contributed by atoms with Crippen molar-refractivity contribution in [2.45, 2.75) is 5.75 Å². The highest BCUT2D eigenvalue weighted by Gasteiger charge is 2.26. The smallest absolute Gasteiger partial charge is 0.261 e. The molecular formula is C17H14BrFN2OS. The number of halogens is 2. The molecule has 0 atom stereocenters. The van der Waals surface area contributed by atoms with E-state index in [9.17, 15) is 9.18 Å². The molecule has 6 heteroatoms. The summed E-state index contributed by atoms with van der Waals surface area (Å²) in [6.07, 6.45) is 0. The van der Waals surface area contributed by atoms with Crippen LogP contribution in [0.3, 0.4) is 0 Å². The molecule has 1 amide bonds. The average molecular weight is 393 g/mol. The minimum atomic E-state index is -0.234. The zero-order valence-electron chi connectivity index (χ0n) is 12.2. The van der Waals surface area contributed by atoms with E-state index < -0.39 is 0 Å². The van der Waals surface area contributed by atoms with Gasteiger partial charge in [-0.05, 0) is 39.7 Å². The zero-order chi connectivity index (χ0) is 16.2. The second-order valence-electron chi connectivity index (χ2n) is 4.98. The van der Waals surface area contributed by atoms with Crippen LogP contribution in [0.15, 0.2) is 58.0 Å². The molecule has 0 radical (unpaired) electrons. The Morgan fingerprint density at radius 1 is 1.22 bits per heavy atom. The number of aliphatic imine (C=N–C) groups is 1. The van der Waals surface area contributed by atoms with Gasteiger partial charge < -0.3 is 0 Å². The number of amides is 1. The van der Waals surface area contributed by atoms with Crippen LogP contribution in [-0.4, -0.2) is 29.1 Å². The van der Waals surface area contributed by atoms with Gasteiger partial charge in [0.2, 0.25) is 0 Å². The molecule has 1 aliphatic rings. The maximum absolute atomic E-state index is 13.7. The van der Waals surface area contributed by atoms with Crippen LogP contribution in [0, 0.1) is 5.82 Å². The number of hydrogen-bond donors (Lipinski definition) is 0. The lowest BCUT2D eigenvalue weighted by Crippen LogP contribution is -2.33. The molecule has 1 aliphatic heterocycles. The molecule has 0 bridgehead atoms. The van der Waals surface area contributed by atoms with Crippen LogP contribution in [0.1, 0.15) is 15.9 Å². The second-order valence-corrected chi connectivity index (χ2v) is 6.78. The van der Waals surface area contributed by atoms with Crippen molar-refractivity contribution in [2.24, 2.45) is 4.99 Å². The molecule has 0 spiro atoms. The predicted molar refractivity (Wildman–Crippen MR) is 95.2 cm³/mol. The molecule has 0 N–H and O–H groups in total. The number of nitrogens with zero attached hydrogens (tertiary/aromatic N) is 2. The molecule has 0 fully saturated rings. The quantitative estimate of drug-likeness (QED) is 0.778. The van der Waals surface area contributed by atoms with Crippen molar-refractivity contribution in [2.75, 3.05) is 13.1 Å². The number of carbonyl (C=O) groups is 1. The van der Waals surface area contributed by atoms with Gasteiger partial charge in [0, 0.05) is 16.8 Å². The first-order valence-corrected chi connectivity index (χ1v) is 8.92. The highest BCUT2D eigenvalue weighted by Crippen LogP contribution is 2.24. The normalized spacial score (nSPS) is 14.0. The third kappa shape index (κ3) is 3.64. The number of thioether (sulfide) groups is 1. The monoisotopic (exact) mass is 392 g/mol. The van der Waals surface area contributed by atoms with Gasteiger partial charge in [-0.15, -0.1) is 0 Å². The van der Waals surface area contributed by atoms with E-state index in [4.69, 9.17) is 0 Å². The molecule has 0 aliphatic carbocycles. The summed E-state index contributed by atoms with van der Waals surface area (Å²) >= 11 is 4.79. The van der Waals surface area contributed by atoms with Crippen LogP contribution in [-0.2, 0) is 5.75 Å². The fraction of sp³-hybridized carbons (Fsp3) is 0.176. The first kappa shape index (κ1) is 16.2. The fourth-order valence-electron chi connectivity index (χ4n) is 2.28. The zero-order valence-corrected chi connectivity index (χ0v) is 14.6. The number of benzene rings is 2. The summed E-state index contributed by atoms with van der Waals surface area (Å²) < 4.78 is 14.5. The fourth-order valence-corrected chi connectivity index (χ4v) is 3.76. The van der Waals surface area contributed by atoms with Crippen molar-refractivity contribution in [1.29, 1.82) is 0 Å². The minimum absolute atomic E-state index is 0.0882. The molecule has 2 aromatic rings. The van der Waals surface area contributed by atoms with E-state index in [0.717, 1.165) is 4.47 Å². The summed E-state index contributed by atoms with van der Waals surface area (Å²) in [7, 11) is 0.